The molecular weight excluding hydrogens is 285 g/mol. The van der Waals surface area contributed by atoms with Gasteiger partial charge in [-0.3, -0.25) is 0 Å². The molecule has 1 heterocycles. The molecule has 2 rings (SSSR count). The fraction of sp³-hybridized carbons (Fsp3) is 0.588. The van der Waals surface area contributed by atoms with Crippen molar-refractivity contribution in [2.24, 2.45) is 0 Å². The number of benzene rings is 1. The molecule has 0 saturated carbocycles. The Labute approximate surface area is 130 Å². The predicted molar refractivity (Wildman–Crippen MR) is 82.1 cm³/mol. The van der Waals surface area contributed by atoms with E-state index in [1.54, 1.807) is 17.0 Å². The van der Waals surface area contributed by atoms with Crippen LogP contribution in [0.15, 0.2) is 24.3 Å². The van der Waals surface area contributed by atoms with Gasteiger partial charge in [0.1, 0.15) is 11.4 Å². The molecule has 1 N–H and O–H groups in total. The zero-order chi connectivity index (χ0) is 16.4. The second-order valence-electron chi connectivity index (χ2n) is 7.03. The number of nitrogens with zero attached hydrogens (tertiary/aromatic N) is 1. The third kappa shape index (κ3) is 4.70. The highest BCUT2D eigenvalue weighted by Gasteiger charge is 2.36. The smallest absolute Gasteiger partial charge is 0.410 e. The molecular formula is C17H24FNO3. The standard InChI is InChI=1S/C17H24FNO3/c1-16(2,3)22-15(20)19-10-4-9-17(21,12-19)11-13-5-7-14(18)8-6-13/h5-8,21H,4,9-12H2,1-3H3. The van der Waals surface area contributed by atoms with Crippen molar-refractivity contribution in [2.75, 3.05) is 13.1 Å². The van der Waals surface area contributed by atoms with Crippen LogP contribution in [0.5, 0.6) is 0 Å². The molecule has 1 amide bonds. The molecule has 1 unspecified atom stereocenters. The van der Waals surface area contributed by atoms with Crippen LogP contribution < -0.4 is 0 Å². The largest absolute Gasteiger partial charge is 0.444 e. The first-order valence-corrected chi connectivity index (χ1v) is 7.62. The normalized spacial score (nSPS) is 22.5. The van der Waals surface area contributed by atoms with Crippen molar-refractivity contribution in [1.82, 2.24) is 4.90 Å². The second-order valence-corrected chi connectivity index (χ2v) is 7.03. The molecule has 0 aliphatic carbocycles. The molecule has 1 fully saturated rings. The summed E-state index contributed by atoms with van der Waals surface area (Å²) in [7, 11) is 0. The molecule has 4 nitrogen and oxygen atoms in total. The Morgan fingerprint density at radius 3 is 2.59 bits per heavy atom. The number of halogens is 1. The SMILES string of the molecule is CC(C)(C)OC(=O)N1CCCC(O)(Cc2ccc(F)cc2)C1. The van der Waals surface area contributed by atoms with Crippen LogP contribution in [-0.4, -0.2) is 40.4 Å². The van der Waals surface area contributed by atoms with Gasteiger partial charge in [0.2, 0.25) is 0 Å². The zero-order valence-corrected chi connectivity index (χ0v) is 13.4. The van der Waals surface area contributed by atoms with E-state index in [1.165, 1.54) is 12.1 Å². The van der Waals surface area contributed by atoms with Crippen LogP contribution in [0.1, 0.15) is 39.2 Å². The van der Waals surface area contributed by atoms with E-state index in [9.17, 15) is 14.3 Å². The molecule has 0 radical (unpaired) electrons. The average molecular weight is 309 g/mol. The van der Waals surface area contributed by atoms with Gasteiger partial charge in [0.25, 0.3) is 0 Å². The summed E-state index contributed by atoms with van der Waals surface area (Å²) in [6.07, 6.45) is 1.33. The number of aliphatic hydroxyl groups is 1. The van der Waals surface area contributed by atoms with Crippen molar-refractivity contribution in [2.45, 2.75) is 51.2 Å². The molecule has 5 heteroatoms. The van der Waals surface area contributed by atoms with Crippen molar-refractivity contribution in [3.63, 3.8) is 0 Å². The molecule has 0 spiro atoms. The van der Waals surface area contributed by atoms with Gasteiger partial charge < -0.3 is 14.7 Å². The molecule has 1 saturated heterocycles. The number of rotatable bonds is 2. The predicted octanol–water partition coefficient (Wildman–Crippen LogP) is 3.13. The molecule has 1 aromatic rings. The summed E-state index contributed by atoms with van der Waals surface area (Å²) in [4.78, 5) is 13.7. The number of hydrogen-bond acceptors (Lipinski definition) is 3. The fourth-order valence-corrected chi connectivity index (χ4v) is 2.72. The topological polar surface area (TPSA) is 49.8 Å². The number of likely N-dealkylation sites (tertiary alicyclic amines) is 1. The van der Waals surface area contributed by atoms with E-state index < -0.39 is 17.3 Å². The number of ether oxygens (including phenoxy) is 1. The number of carbonyl (C=O) groups is 1. The minimum atomic E-state index is -0.993. The number of β-amino-alcohol motifs (C(OH)–C–C–N with tert-alkyl or cyclic N) is 1. The molecule has 1 atom stereocenters. The summed E-state index contributed by atoms with van der Waals surface area (Å²) >= 11 is 0. The van der Waals surface area contributed by atoms with Gasteiger partial charge in [0.05, 0.1) is 12.1 Å². The third-order valence-corrected chi connectivity index (χ3v) is 3.65. The maximum Gasteiger partial charge on any atom is 0.410 e. The van der Waals surface area contributed by atoms with Crippen LogP contribution in [0.25, 0.3) is 0 Å². The minimum Gasteiger partial charge on any atom is -0.444 e. The van der Waals surface area contributed by atoms with Crippen LogP contribution in [0.4, 0.5) is 9.18 Å². The van der Waals surface area contributed by atoms with Crippen molar-refractivity contribution >= 4 is 6.09 Å². The van der Waals surface area contributed by atoms with Crippen molar-refractivity contribution < 1.29 is 19.0 Å². The van der Waals surface area contributed by atoms with Crippen LogP contribution in [-0.2, 0) is 11.2 Å². The monoisotopic (exact) mass is 309 g/mol. The van der Waals surface area contributed by atoms with Crippen LogP contribution >= 0.6 is 0 Å². The quantitative estimate of drug-likeness (QED) is 0.913. The maximum atomic E-state index is 13.0. The first-order valence-electron chi connectivity index (χ1n) is 7.62. The highest BCUT2D eigenvalue weighted by atomic mass is 19.1. The van der Waals surface area contributed by atoms with Gasteiger partial charge in [-0.2, -0.15) is 0 Å². The van der Waals surface area contributed by atoms with Gasteiger partial charge in [-0.25, -0.2) is 9.18 Å². The molecule has 0 bridgehead atoms. The Morgan fingerprint density at radius 2 is 2.00 bits per heavy atom. The Morgan fingerprint density at radius 1 is 1.36 bits per heavy atom. The highest BCUT2D eigenvalue weighted by molar-refractivity contribution is 5.68. The summed E-state index contributed by atoms with van der Waals surface area (Å²) in [5.74, 6) is -0.297. The van der Waals surface area contributed by atoms with Gasteiger partial charge in [0, 0.05) is 13.0 Å². The Kier molecular flexibility index (Phi) is 4.75. The zero-order valence-electron chi connectivity index (χ0n) is 13.4. The second kappa shape index (κ2) is 6.24. The maximum absolute atomic E-state index is 13.0. The van der Waals surface area contributed by atoms with E-state index in [4.69, 9.17) is 4.74 Å². The molecule has 0 aromatic heterocycles. The van der Waals surface area contributed by atoms with Crippen LogP contribution in [0.2, 0.25) is 0 Å². The summed E-state index contributed by atoms with van der Waals surface area (Å²) in [6.45, 7) is 6.28. The van der Waals surface area contributed by atoms with E-state index in [2.05, 4.69) is 0 Å². The fourth-order valence-electron chi connectivity index (χ4n) is 2.72. The van der Waals surface area contributed by atoms with E-state index in [1.807, 2.05) is 20.8 Å². The molecule has 1 aromatic carbocycles. The van der Waals surface area contributed by atoms with Crippen molar-refractivity contribution in [3.8, 4) is 0 Å². The lowest BCUT2D eigenvalue weighted by Crippen LogP contribution is -2.52. The Hall–Kier alpha value is -1.62. The van der Waals surface area contributed by atoms with E-state index >= 15 is 0 Å². The Balaban J connectivity index is 2.02. The van der Waals surface area contributed by atoms with E-state index in [0.29, 0.717) is 19.4 Å². The molecule has 1 aliphatic rings. The summed E-state index contributed by atoms with van der Waals surface area (Å²) in [5, 5.41) is 10.8. The van der Waals surface area contributed by atoms with Gasteiger partial charge >= 0.3 is 6.09 Å². The number of carbonyl (C=O) groups excluding carboxylic acids is 1. The minimum absolute atomic E-state index is 0.235. The van der Waals surface area contributed by atoms with Gasteiger partial charge in [-0.15, -0.1) is 0 Å². The highest BCUT2D eigenvalue weighted by Crippen LogP contribution is 2.26. The Bertz CT molecular complexity index is 524. The van der Waals surface area contributed by atoms with Gasteiger partial charge in [0.15, 0.2) is 0 Å². The van der Waals surface area contributed by atoms with Crippen molar-refractivity contribution in [3.05, 3.63) is 35.6 Å². The van der Waals surface area contributed by atoms with Gasteiger partial charge in [-0.1, -0.05) is 12.1 Å². The van der Waals surface area contributed by atoms with Crippen LogP contribution in [0, 0.1) is 5.82 Å². The lowest BCUT2D eigenvalue weighted by atomic mass is 9.87. The third-order valence-electron chi connectivity index (χ3n) is 3.65. The van der Waals surface area contributed by atoms with Crippen molar-refractivity contribution in [1.29, 1.82) is 0 Å². The lowest BCUT2D eigenvalue weighted by molar-refractivity contribution is -0.0425. The molecule has 122 valence electrons. The lowest BCUT2D eigenvalue weighted by Gasteiger charge is -2.39. The number of piperidine rings is 1. The van der Waals surface area contributed by atoms with Gasteiger partial charge in [-0.05, 0) is 51.3 Å². The van der Waals surface area contributed by atoms with Crippen LogP contribution in [0.3, 0.4) is 0 Å². The number of amides is 1. The first-order chi connectivity index (χ1) is 10.2. The summed E-state index contributed by atoms with van der Waals surface area (Å²) < 4.78 is 18.3. The van der Waals surface area contributed by atoms with E-state index in [0.717, 1.165) is 12.0 Å². The number of hydrogen-bond donors (Lipinski definition) is 1. The first kappa shape index (κ1) is 16.7. The summed E-state index contributed by atoms with van der Waals surface area (Å²) in [5.41, 5.74) is -0.689. The molecule has 1 aliphatic heterocycles. The average Bonchev–Trinajstić information content (AvgIpc) is 2.39. The summed E-state index contributed by atoms with van der Waals surface area (Å²) in [6, 6.07) is 6.10. The molecule has 22 heavy (non-hydrogen) atoms. The van der Waals surface area contributed by atoms with E-state index in [-0.39, 0.29) is 12.4 Å².